The molecule has 5 heteroatoms. The Balaban J connectivity index is 2.15. The van der Waals surface area contributed by atoms with E-state index in [1.165, 1.54) is 0 Å². The minimum Gasteiger partial charge on any atom is -0.495 e. The van der Waals surface area contributed by atoms with Gasteiger partial charge in [-0.1, -0.05) is 12.1 Å². The molecular weight excluding hydrogens is 278 g/mol. The van der Waals surface area contributed by atoms with Gasteiger partial charge in [0.15, 0.2) is 0 Å². The van der Waals surface area contributed by atoms with E-state index in [0.29, 0.717) is 18.0 Å². The zero-order valence-corrected chi connectivity index (χ0v) is 13.1. The van der Waals surface area contributed by atoms with Crippen LogP contribution in [0.1, 0.15) is 25.5 Å². The van der Waals surface area contributed by atoms with E-state index in [1.54, 1.807) is 24.4 Å². The molecule has 1 aromatic carbocycles. The van der Waals surface area contributed by atoms with Crippen molar-refractivity contribution in [3.05, 3.63) is 54.4 Å². The number of rotatable bonds is 5. The summed E-state index contributed by atoms with van der Waals surface area (Å²) in [4.78, 5) is 18.3. The molecule has 0 saturated carbocycles. The summed E-state index contributed by atoms with van der Waals surface area (Å²) in [5, 5.41) is 2.91. The summed E-state index contributed by atoms with van der Waals surface area (Å²) in [6.45, 7) is 4.56. The molecule has 116 valence electrons. The first-order chi connectivity index (χ1) is 10.7. The Kier molecular flexibility index (Phi) is 5.36. The van der Waals surface area contributed by atoms with Crippen LogP contribution >= 0.6 is 0 Å². The highest BCUT2D eigenvalue weighted by Gasteiger charge is 2.20. The molecular formula is C17H21N3O2. The Morgan fingerprint density at radius 2 is 1.95 bits per heavy atom. The summed E-state index contributed by atoms with van der Waals surface area (Å²) in [5.74, 6) is 0.642. The molecule has 0 aliphatic rings. The number of anilines is 1. The molecule has 0 spiro atoms. The molecule has 1 unspecified atom stereocenters. The summed E-state index contributed by atoms with van der Waals surface area (Å²) in [6.07, 6.45) is 3.47. The van der Waals surface area contributed by atoms with E-state index >= 15 is 0 Å². The minimum atomic E-state index is -0.156. The van der Waals surface area contributed by atoms with Crippen molar-refractivity contribution in [3.63, 3.8) is 0 Å². The SMILES string of the molecule is CCN(C(=O)Nc1ccccc1OC)C(C)c1ccncc1. The van der Waals surface area contributed by atoms with Crippen LogP contribution in [0.2, 0.25) is 0 Å². The maximum atomic E-state index is 12.6. The van der Waals surface area contributed by atoms with Crippen LogP contribution < -0.4 is 10.1 Å². The number of hydrogen-bond acceptors (Lipinski definition) is 3. The lowest BCUT2D eigenvalue weighted by molar-refractivity contribution is 0.197. The average Bonchev–Trinajstić information content (AvgIpc) is 2.56. The first-order valence-electron chi connectivity index (χ1n) is 7.28. The van der Waals surface area contributed by atoms with Gasteiger partial charge in [-0.2, -0.15) is 0 Å². The van der Waals surface area contributed by atoms with Crippen molar-refractivity contribution in [2.75, 3.05) is 19.0 Å². The number of benzene rings is 1. The summed E-state index contributed by atoms with van der Waals surface area (Å²) >= 11 is 0. The van der Waals surface area contributed by atoms with Gasteiger partial charge in [0.25, 0.3) is 0 Å². The molecule has 22 heavy (non-hydrogen) atoms. The van der Waals surface area contributed by atoms with Crippen LogP contribution in [-0.2, 0) is 0 Å². The first kappa shape index (κ1) is 15.8. The lowest BCUT2D eigenvalue weighted by Crippen LogP contribution is -2.37. The van der Waals surface area contributed by atoms with Crippen molar-refractivity contribution in [2.24, 2.45) is 0 Å². The number of methoxy groups -OCH3 is 1. The molecule has 2 amide bonds. The van der Waals surface area contributed by atoms with Gasteiger partial charge in [0, 0.05) is 18.9 Å². The first-order valence-corrected chi connectivity index (χ1v) is 7.28. The van der Waals surface area contributed by atoms with E-state index < -0.39 is 0 Å². The molecule has 0 aliphatic carbocycles. The van der Waals surface area contributed by atoms with Gasteiger partial charge in [-0.05, 0) is 43.7 Å². The van der Waals surface area contributed by atoms with Crippen LogP contribution in [0.25, 0.3) is 0 Å². The van der Waals surface area contributed by atoms with E-state index in [9.17, 15) is 4.79 Å². The second-order valence-electron chi connectivity index (χ2n) is 4.87. The van der Waals surface area contributed by atoms with E-state index in [0.717, 1.165) is 5.56 Å². The topological polar surface area (TPSA) is 54.5 Å². The van der Waals surface area contributed by atoms with Crippen molar-refractivity contribution in [1.29, 1.82) is 0 Å². The van der Waals surface area contributed by atoms with E-state index in [-0.39, 0.29) is 12.1 Å². The fourth-order valence-electron chi connectivity index (χ4n) is 2.35. The van der Waals surface area contributed by atoms with Crippen LogP contribution in [0.4, 0.5) is 10.5 Å². The second kappa shape index (κ2) is 7.45. The lowest BCUT2D eigenvalue weighted by Gasteiger charge is -2.28. The number of amides is 2. The highest BCUT2D eigenvalue weighted by molar-refractivity contribution is 5.91. The molecule has 0 saturated heterocycles. The second-order valence-corrected chi connectivity index (χ2v) is 4.87. The molecule has 0 bridgehead atoms. The highest BCUT2D eigenvalue weighted by Crippen LogP contribution is 2.25. The Labute approximate surface area is 130 Å². The van der Waals surface area contributed by atoms with Crippen LogP contribution in [0.3, 0.4) is 0 Å². The van der Waals surface area contributed by atoms with E-state index in [4.69, 9.17) is 4.74 Å². The Morgan fingerprint density at radius 3 is 2.59 bits per heavy atom. The van der Waals surface area contributed by atoms with Gasteiger partial charge in [0.1, 0.15) is 5.75 Å². The van der Waals surface area contributed by atoms with Crippen LogP contribution in [0, 0.1) is 0 Å². The van der Waals surface area contributed by atoms with Gasteiger partial charge >= 0.3 is 6.03 Å². The number of ether oxygens (including phenoxy) is 1. The number of pyridine rings is 1. The van der Waals surface area contributed by atoms with E-state index in [1.807, 2.05) is 50.2 Å². The average molecular weight is 299 g/mol. The molecule has 0 radical (unpaired) electrons. The van der Waals surface area contributed by atoms with E-state index in [2.05, 4.69) is 10.3 Å². The Hall–Kier alpha value is -2.56. The molecule has 5 nitrogen and oxygen atoms in total. The highest BCUT2D eigenvalue weighted by atomic mass is 16.5. The fraction of sp³-hybridized carbons (Fsp3) is 0.294. The Bertz CT molecular complexity index is 616. The lowest BCUT2D eigenvalue weighted by atomic mass is 10.1. The monoisotopic (exact) mass is 299 g/mol. The van der Waals surface area contributed by atoms with Gasteiger partial charge in [-0.15, -0.1) is 0 Å². The minimum absolute atomic E-state index is 0.0392. The maximum absolute atomic E-state index is 12.6. The summed E-state index contributed by atoms with van der Waals surface area (Å²) in [7, 11) is 1.59. The largest absolute Gasteiger partial charge is 0.495 e. The van der Waals surface area contributed by atoms with Crippen LogP contribution in [-0.4, -0.2) is 29.6 Å². The van der Waals surface area contributed by atoms with Crippen molar-refractivity contribution >= 4 is 11.7 Å². The number of urea groups is 1. The summed E-state index contributed by atoms with van der Waals surface area (Å²) in [6, 6.07) is 11.0. The van der Waals surface area contributed by atoms with Crippen molar-refractivity contribution < 1.29 is 9.53 Å². The van der Waals surface area contributed by atoms with Crippen LogP contribution in [0.15, 0.2) is 48.8 Å². The quantitative estimate of drug-likeness (QED) is 0.915. The maximum Gasteiger partial charge on any atom is 0.322 e. The molecule has 0 aliphatic heterocycles. The normalized spacial score (nSPS) is 11.6. The third-order valence-corrected chi connectivity index (χ3v) is 3.61. The van der Waals surface area contributed by atoms with Crippen molar-refractivity contribution in [3.8, 4) is 5.75 Å². The zero-order valence-electron chi connectivity index (χ0n) is 13.1. The molecule has 1 N–H and O–H groups in total. The molecule has 2 rings (SSSR count). The number of hydrogen-bond donors (Lipinski definition) is 1. The summed E-state index contributed by atoms with van der Waals surface area (Å²) < 4.78 is 5.26. The number of nitrogens with one attached hydrogen (secondary N) is 1. The zero-order chi connectivity index (χ0) is 15.9. The molecule has 1 heterocycles. The third-order valence-electron chi connectivity index (χ3n) is 3.61. The van der Waals surface area contributed by atoms with Gasteiger partial charge in [-0.3, -0.25) is 4.98 Å². The predicted molar refractivity (Wildman–Crippen MR) is 87.0 cm³/mol. The van der Waals surface area contributed by atoms with Crippen LogP contribution in [0.5, 0.6) is 5.75 Å². The van der Waals surface area contributed by atoms with Crippen molar-refractivity contribution in [2.45, 2.75) is 19.9 Å². The standard InChI is InChI=1S/C17H21N3O2/c1-4-20(13(2)14-9-11-18-12-10-14)17(21)19-15-7-5-6-8-16(15)22-3/h5-13H,4H2,1-3H3,(H,19,21). The smallest absolute Gasteiger partial charge is 0.322 e. The number of carbonyl (C=O) groups excluding carboxylic acids is 1. The predicted octanol–water partition coefficient (Wildman–Crippen LogP) is 3.71. The van der Waals surface area contributed by atoms with Crippen molar-refractivity contribution in [1.82, 2.24) is 9.88 Å². The Morgan fingerprint density at radius 1 is 1.27 bits per heavy atom. The molecule has 0 fully saturated rings. The number of aromatic nitrogens is 1. The van der Waals surface area contributed by atoms with Gasteiger partial charge in [0.2, 0.25) is 0 Å². The number of para-hydroxylation sites is 2. The van der Waals surface area contributed by atoms with Gasteiger partial charge < -0.3 is 15.0 Å². The van der Waals surface area contributed by atoms with Gasteiger partial charge in [0.05, 0.1) is 18.8 Å². The van der Waals surface area contributed by atoms with Gasteiger partial charge in [-0.25, -0.2) is 4.79 Å². The number of carbonyl (C=O) groups is 1. The molecule has 2 aromatic rings. The molecule has 1 atom stereocenters. The third kappa shape index (κ3) is 3.55. The fourth-order valence-corrected chi connectivity index (χ4v) is 2.35. The number of nitrogens with zero attached hydrogens (tertiary/aromatic N) is 2. The molecule has 1 aromatic heterocycles. The summed E-state index contributed by atoms with van der Waals surface area (Å²) in [5.41, 5.74) is 1.71.